The van der Waals surface area contributed by atoms with Gasteiger partial charge < -0.3 is 10.6 Å². The Bertz CT molecular complexity index is 1070. The molecule has 8 nitrogen and oxygen atoms in total. The van der Waals surface area contributed by atoms with Crippen LogP contribution in [0, 0.1) is 10.1 Å². The summed E-state index contributed by atoms with van der Waals surface area (Å²) in [6.45, 7) is 0. The highest BCUT2D eigenvalue weighted by molar-refractivity contribution is 9.10. The summed E-state index contributed by atoms with van der Waals surface area (Å²) in [5.74, 6) is -0.223. The maximum Gasteiger partial charge on any atom is 0.417 e. The molecule has 0 unspecified atom stereocenters. The molecular formula is C16H9BrClF3N6O2. The zero-order valence-corrected chi connectivity index (χ0v) is 16.4. The normalized spacial score (nSPS) is 11.2. The Kier molecular flexibility index (Phi) is 5.84. The van der Waals surface area contributed by atoms with Crippen LogP contribution in [-0.2, 0) is 6.18 Å². The molecule has 3 aromatic rings. The molecule has 0 spiro atoms. The minimum absolute atomic E-state index is 0.0868. The third kappa shape index (κ3) is 4.90. The number of rotatable bonds is 5. The van der Waals surface area contributed by atoms with Crippen molar-refractivity contribution in [2.75, 3.05) is 10.6 Å². The quantitative estimate of drug-likeness (QED) is 0.350. The van der Waals surface area contributed by atoms with E-state index in [9.17, 15) is 23.3 Å². The number of pyridine rings is 1. The molecule has 0 fully saturated rings. The molecule has 0 aliphatic heterocycles. The average molecular weight is 490 g/mol. The molecule has 0 bridgehead atoms. The van der Waals surface area contributed by atoms with Crippen LogP contribution in [0.15, 0.2) is 47.3 Å². The fourth-order valence-corrected chi connectivity index (χ4v) is 2.72. The molecule has 0 atom stereocenters. The highest BCUT2D eigenvalue weighted by atomic mass is 79.9. The van der Waals surface area contributed by atoms with E-state index in [0.29, 0.717) is 4.47 Å². The summed E-state index contributed by atoms with van der Waals surface area (Å²) in [6, 6.07) is 6.22. The maximum atomic E-state index is 13.0. The van der Waals surface area contributed by atoms with Crippen LogP contribution in [0.1, 0.15) is 5.56 Å². The summed E-state index contributed by atoms with van der Waals surface area (Å²) in [4.78, 5) is 22.5. The molecule has 13 heteroatoms. The molecule has 1 aromatic carbocycles. The van der Waals surface area contributed by atoms with Gasteiger partial charge in [0.05, 0.1) is 15.5 Å². The SMILES string of the molecule is O=[N+]([O-])c1c(Nc2ccc(Cl)c(C(F)(F)F)c2)ncnc1Nc1ccc(Br)cn1. The number of halogens is 5. The van der Waals surface area contributed by atoms with Crippen LogP contribution in [0.25, 0.3) is 0 Å². The molecule has 3 rings (SSSR count). The molecule has 2 heterocycles. The van der Waals surface area contributed by atoms with Crippen molar-refractivity contribution in [3.63, 3.8) is 0 Å². The molecule has 0 saturated carbocycles. The van der Waals surface area contributed by atoms with Gasteiger partial charge in [0.25, 0.3) is 0 Å². The number of nitro groups is 1. The summed E-state index contributed by atoms with van der Waals surface area (Å²) in [7, 11) is 0. The average Bonchev–Trinajstić information content (AvgIpc) is 2.64. The first-order valence-corrected chi connectivity index (χ1v) is 8.84. The summed E-state index contributed by atoms with van der Waals surface area (Å²) in [5.41, 5.74) is -1.74. The molecule has 29 heavy (non-hydrogen) atoms. The van der Waals surface area contributed by atoms with Crippen molar-refractivity contribution in [3.8, 4) is 0 Å². The van der Waals surface area contributed by atoms with Gasteiger partial charge in [-0.2, -0.15) is 13.2 Å². The second kappa shape index (κ2) is 8.17. The number of anilines is 4. The topological polar surface area (TPSA) is 106 Å². The summed E-state index contributed by atoms with van der Waals surface area (Å²) in [5, 5.41) is 16.3. The van der Waals surface area contributed by atoms with Crippen molar-refractivity contribution in [3.05, 3.63) is 68.0 Å². The lowest BCUT2D eigenvalue weighted by Gasteiger charge is -2.13. The Morgan fingerprint density at radius 3 is 2.34 bits per heavy atom. The van der Waals surface area contributed by atoms with Gasteiger partial charge in [-0.3, -0.25) is 10.1 Å². The van der Waals surface area contributed by atoms with E-state index in [2.05, 4.69) is 41.5 Å². The first-order valence-electron chi connectivity index (χ1n) is 7.67. The Hall–Kier alpha value is -2.99. The van der Waals surface area contributed by atoms with Crippen molar-refractivity contribution in [1.82, 2.24) is 15.0 Å². The van der Waals surface area contributed by atoms with E-state index in [1.54, 1.807) is 12.1 Å². The van der Waals surface area contributed by atoms with Crippen molar-refractivity contribution in [2.24, 2.45) is 0 Å². The molecule has 2 aromatic heterocycles. The van der Waals surface area contributed by atoms with Crippen LogP contribution in [-0.4, -0.2) is 19.9 Å². The Morgan fingerprint density at radius 2 is 1.76 bits per heavy atom. The van der Waals surface area contributed by atoms with Gasteiger partial charge in [-0.1, -0.05) is 11.6 Å². The first-order chi connectivity index (χ1) is 13.6. The van der Waals surface area contributed by atoms with Crippen molar-refractivity contribution >= 4 is 56.4 Å². The molecule has 2 N–H and O–H groups in total. The van der Waals surface area contributed by atoms with Crippen LogP contribution in [0.3, 0.4) is 0 Å². The van der Waals surface area contributed by atoms with E-state index >= 15 is 0 Å². The number of alkyl halides is 3. The van der Waals surface area contributed by atoms with E-state index in [0.717, 1.165) is 18.5 Å². The fourth-order valence-electron chi connectivity index (χ4n) is 2.26. The van der Waals surface area contributed by atoms with Gasteiger partial charge >= 0.3 is 11.9 Å². The Balaban J connectivity index is 1.98. The Morgan fingerprint density at radius 1 is 1.07 bits per heavy atom. The van der Waals surface area contributed by atoms with Crippen LogP contribution in [0.4, 0.5) is 42.0 Å². The van der Waals surface area contributed by atoms with Crippen LogP contribution in [0.5, 0.6) is 0 Å². The van der Waals surface area contributed by atoms with Crippen LogP contribution in [0.2, 0.25) is 5.02 Å². The number of hydrogen-bond acceptors (Lipinski definition) is 7. The molecule has 0 aliphatic carbocycles. The van der Waals surface area contributed by atoms with Gasteiger partial charge in [-0.25, -0.2) is 15.0 Å². The predicted octanol–water partition coefficient (Wildman–Crippen LogP) is 5.70. The molecule has 0 amide bonds. The highest BCUT2D eigenvalue weighted by Crippen LogP contribution is 2.38. The number of nitrogens with zero attached hydrogens (tertiary/aromatic N) is 4. The third-order valence-electron chi connectivity index (χ3n) is 3.51. The first kappa shape index (κ1) is 20.7. The highest BCUT2D eigenvalue weighted by Gasteiger charge is 2.33. The van der Waals surface area contributed by atoms with Gasteiger partial charge in [0.15, 0.2) is 0 Å². The Labute approximate surface area is 174 Å². The molecule has 0 radical (unpaired) electrons. The van der Waals surface area contributed by atoms with Gasteiger partial charge in [0.2, 0.25) is 11.6 Å². The van der Waals surface area contributed by atoms with Crippen molar-refractivity contribution < 1.29 is 18.1 Å². The van der Waals surface area contributed by atoms with E-state index < -0.39 is 27.4 Å². The predicted molar refractivity (Wildman–Crippen MR) is 104 cm³/mol. The van der Waals surface area contributed by atoms with E-state index in [4.69, 9.17) is 11.6 Å². The lowest BCUT2D eigenvalue weighted by atomic mass is 10.2. The lowest BCUT2D eigenvalue weighted by molar-refractivity contribution is -0.383. The van der Waals surface area contributed by atoms with Gasteiger partial charge in [-0.15, -0.1) is 0 Å². The second-order valence-corrected chi connectivity index (χ2v) is 6.80. The van der Waals surface area contributed by atoms with E-state index in [1.165, 1.54) is 12.3 Å². The number of aromatic nitrogens is 3. The number of benzene rings is 1. The summed E-state index contributed by atoms with van der Waals surface area (Å²) >= 11 is 8.81. The summed E-state index contributed by atoms with van der Waals surface area (Å²) < 4.78 is 39.8. The van der Waals surface area contributed by atoms with Crippen LogP contribution >= 0.6 is 27.5 Å². The maximum absolute atomic E-state index is 13.0. The molecule has 0 saturated heterocycles. The van der Waals surface area contributed by atoms with Gasteiger partial charge in [0.1, 0.15) is 12.1 Å². The number of nitrogens with one attached hydrogen (secondary N) is 2. The second-order valence-electron chi connectivity index (χ2n) is 5.48. The molecule has 0 aliphatic rings. The molecular weight excluding hydrogens is 481 g/mol. The zero-order chi connectivity index (χ0) is 21.2. The van der Waals surface area contributed by atoms with Gasteiger partial charge in [0, 0.05) is 16.4 Å². The monoisotopic (exact) mass is 488 g/mol. The fraction of sp³-hybridized carbons (Fsp3) is 0.0625. The minimum atomic E-state index is -4.69. The van der Waals surface area contributed by atoms with E-state index in [-0.39, 0.29) is 23.1 Å². The zero-order valence-electron chi connectivity index (χ0n) is 14.0. The largest absolute Gasteiger partial charge is 0.417 e. The van der Waals surface area contributed by atoms with Crippen LogP contribution < -0.4 is 10.6 Å². The standard InChI is InChI=1S/C16H9BrClF3N6O2/c17-8-1-4-12(22-6-8)26-15-13(27(28)29)14(23-7-24-15)25-9-2-3-11(18)10(5-9)16(19,20)21/h1-7H,(H2,22,23,24,25,26). The third-order valence-corrected chi connectivity index (χ3v) is 4.31. The number of hydrogen-bond donors (Lipinski definition) is 2. The van der Waals surface area contributed by atoms with E-state index in [1.807, 2.05) is 0 Å². The lowest BCUT2D eigenvalue weighted by Crippen LogP contribution is -2.08. The van der Waals surface area contributed by atoms with Crippen molar-refractivity contribution in [1.29, 1.82) is 0 Å². The van der Waals surface area contributed by atoms with Crippen molar-refractivity contribution in [2.45, 2.75) is 6.18 Å². The van der Waals surface area contributed by atoms with Gasteiger partial charge in [-0.05, 0) is 46.3 Å². The molecule has 150 valence electrons. The minimum Gasteiger partial charge on any atom is -0.334 e. The smallest absolute Gasteiger partial charge is 0.334 e. The summed E-state index contributed by atoms with van der Waals surface area (Å²) in [6.07, 6.45) is -2.19.